The lowest BCUT2D eigenvalue weighted by Crippen LogP contribution is -2.23. The Kier molecular flexibility index (Phi) is 7.01. The van der Waals surface area contributed by atoms with E-state index in [1.807, 2.05) is 6.07 Å². The standard InChI is InChI=1S/C22H32N2O/c1-18(16-24(4)5)17-25-23-21-13-20(14-22(2,3)15-21)12-11-19-9-7-6-8-10-19/h6-13,18H,14-17H2,1-5H3/b12-11+,23-21-. The highest BCUT2D eigenvalue weighted by Crippen LogP contribution is 2.34. The van der Waals surface area contributed by atoms with Crippen LogP contribution in [0.25, 0.3) is 6.08 Å². The van der Waals surface area contributed by atoms with Crippen LogP contribution in [0.4, 0.5) is 0 Å². The SMILES string of the molecule is CC(CO/N=C1C=C(/C=C/c2ccccc2)CC(C)(C)C/1)CN(C)C. The third kappa shape index (κ3) is 7.27. The second kappa shape index (κ2) is 9.00. The lowest BCUT2D eigenvalue weighted by molar-refractivity contribution is 0.101. The topological polar surface area (TPSA) is 24.8 Å². The summed E-state index contributed by atoms with van der Waals surface area (Å²) in [5, 5.41) is 4.42. The summed E-state index contributed by atoms with van der Waals surface area (Å²) in [4.78, 5) is 7.81. The zero-order valence-electron chi connectivity index (χ0n) is 16.3. The molecule has 25 heavy (non-hydrogen) atoms. The minimum atomic E-state index is 0.211. The van der Waals surface area contributed by atoms with E-state index in [4.69, 9.17) is 4.84 Å². The predicted molar refractivity (Wildman–Crippen MR) is 108 cm³/mol. The van der Waals surface area contributed by atoms with Crippen molar-refractivity contribution in [1.29, 1.82) is 0 Å². The number of allylic oxidation sites excluding steroid dienone is 3. The van der Waals surface area contributed by atoms with E-state index in [1.54, 1.807) is 0 Å². The highest BCUT2D eigenvalue weighted by Gasteiger charge is 2.25. The molecule has 0 bridgehead atoms. The van der Waals surface area contributed by atoms with E-state index in [2.05, 4.69) is 87.4 Å². The van der Waals surface area contributed by atoms with Gasteiger partial charge in [0.1, 0.15) is 6.61 Å². The average Bonchev–Trinajstić information content (AvgIpc) is 2.52. The molecule has 2 rings (SSSR count). The first kappa shape index (κ1) is 19.5. The highest BCUT2D eigenvalue weighted by atomic mass is 16.6. The Morgan fingerprint density at radius 1 is 1.16 bits per heavy atom. The Bertz CT molecular complexity index is 627. The fourth-order valence-electron chi connectivity index (χ4n) is 3.28. The fraction of sp³-hybridized carbons (Fsp3) is 0.500. The minimum absolute atomic E-state index is 0.211. The molecule has 136 valence electrons. The van der Waals surface area contributed by atoms with Crippen molar-refractivity contribution in [3.05, 3.63) is 53.6 Å². The number of hydrogen-bond donors (Lipinski definition) is 0. The molecule has 1 atom stereocenters. The van der Waals surface area contributed by atoms with Gasteiger partial charge in [0.15, 0.2) is 0 Å². The molecule has 1 aromatic rings. The number of rotatable bonds is 7. The molecule has 0 amide bonds. The van der Waals surface area contributed by atoms with E-state index < -0.39 is 0 Å². The van der Waals surface area contributed by atoms with Crippen molar-refractivity contribution in [3.8, 4) is 0 Å². The minimum Gasteiger partial charge on any atom is -0.395 e. The second-order valence-electron chi connectivity index (χ2n) is 8.23. The molecule has 3 nitrogen and oxygen atoms in total. The van der Waals surface area contributed by atoms with Crippen LogP contribution in [0.15, 0.2) is 53.2 Å². The van der Waals surface area contributed by atoms with E-state index in [0.717, 1.165) is 25.1 Å². The number of benzene rings is 1. The van der Waals surface area contributed by atoms with Gasteiger partial charge < -0.3 is 9.74 Å². The van der Waals surface area contributed by atoms with Crippen LogP contribution in [-0.4, -0.2) is 37.9 Å². The van der Waals surface area contributed by atoms with Gasteiger partial charge in [-0.15, -0.1) is 0 Å². The van der Waals surface area contributed by atoms with Crippen LogP contribution in [0.5, 0.6) is 0 Å². The van der Waals surface area contributed by atoms with Crippen LogP contribution in [0.3, 0.4) is 0 Å². The molecule has 1 unspecified atom stereocenters. The van der Waals surface area contributed by atoms with Crippen molar-refractivity contribution in [3.63, 3.8) is 0 Å². The molecule has 0 saturated heterocycles. The van der Waals surface area contributed by atoms with E-state index in [1.165, 1.54) is 11.1 Å². The zero-order valence-corrected chi connectivity index (χ0v) is 16.3. The van der Waals surface area contributed by atoms with E-state index >= 15 is 0 Å². The summed E-state index contributed by atoms with van der Waals surface area (Å²) in [6.07, 6.45) is 8.58. The number of oxime groups is 1. The third-order valence-electron chi connectivity index (χ3n) is 4.20. The van der Waals surface area contributed by atoms with Crippen LogP contribution in [-0.2, 0) is 4.84 Å². The normalized spacial score (nSPS) is 20.1. The van der Waals surface area contributed by atoms with Gasteiger partial charge in [0, 0.05) is 12.5 Å². The van der Waals surface area contributed by atoms with Crippen molar-refractivity contribution in [2.75, 3.05) is 27.2 Å². The van der Waals surface area contributed by atoms with Crippen molar-refractivity contribution >= 4 is 11.8 Å². The fourth-order valence-corrected chi connectivity index (χ4v) is 3.28. The summed E-state index contributed by atoms with van der Waals surface area (Å²) in [6, 6.07) is 10.4. The van der Waals surface area contributed by atoms with Crippen LogP contribution in [0.2, 0.25) is 0 Å². The average molecular weight is 341 g/mol. The van der Waals surface area contributed by atoms with Crippen LogP contribution in [0.1, 0.15) is 39.2 Å². The van der Waals surface area contributed by atoms with Crippen molar-refractivity contribution in [2.45, 2.75) is 33.6 Å². The van der Waals surface area contributed by atoms with E-state index in [-0.39, 0.29) is 5.41 Å². The predicted octanol–water partition coefficient (Wildman–Crippen LogP) is 5.02. The van der Waals surface area contributed by atoms with Gasteiger partial charge in [-0.05, 0) is 49.6 Å². The molecule has 0 saturated carbocycles. The van der Waals surface area contributed by atoms with Crippen molar-refractivity contribution in [1.82, 2.24) is 4.90 Å². The van der Waals surface area contributed by atoms with Gasteiger partial charge in [-0.2, -0.15) is 0 Å². The zero-order chi connectivity index (χ0) is 18.3. The maximum absolute atomic E-state index is 5.63. The molecule has 0 N–H and O–H groups in total. The largest absolute Gasteiger partial charge is 0.395 e. The van der Waals surface area contributed by atoms with Gasteiger partial charge in [-0.3, -0.25) is 0 Å². The smallest absolute Gasteiger partial charge is 0.120 e. The Labute approximate surface area is 153 Å². The first-order chi connectivity index (χ1) is 11.8. The third-order valence-corrected chi connectivity index (χ3v) is 4.20. The summed E-state index contributed by atoms with van der Waals surface area (Å²) in [5.41, 5.74) is 3.78. The van der Waals surface area contributed by atoms with Gasteiger partial charge >= 0.3 is 0 Å². The molecule has 1 aliphatic carbocycles. The maximum atomic E-state index is 5.63. The van der Waals surface area contributed by atoms with Crippen LogP contribution < -0.4 is 0 Å². The van der Waals surface area contributed by atoms with Gasteiger partial charge in [-0.1, -0.05) is 68.4 Å². The molecule has 0 aliphatic heterocycles. The maximum Gasteiger partial charge on any atom is 0.120 e. The Hall–Kier alpha value is -1.87. The van der Waals surface area contributed by atoms with Crippen molar-refractivity contribution in [2.24, 2.45) is 16.5 Å². The summed E-state index contributed by atoms with van der Waals surface area (Å²) in [6.45, 7) is 8.44. The van der Waals surface area contributed by atoms with Gasteiger partial charge in [0.05, 0.1) is 5.71 Å². The molecule has 0 spiro atoms. The van der Waals surface area contributed by atoms with Crippen molar-refractivity contribution < 1.29 is 4.84 Å². The molecule has 0 aromatic heterocycles. The lowest BCUT2D eigenvalue weighted by atomic mass is 9.76. The van der Waals surface area contributed by atoms with Gasteiger partial charge in [0.2, 0.25) is 0 Å². The first-order valence-electron chi connectivity index (χ1n) is 9.11. The highest BCUT2D eigenvalue weighted by molar-refractivity contribution is 5.97. The molecular weight excluding hydrogens is 308 g/mol. The van der Waals surface area contributed by atoms with Crippen LogP contribution >= 0.6 is 0 Å². The molecule has 1 aliphatic rings. The van der Waals surface area contributed by atoms with E-state index in [0.29, 0.717) is 12.5 Å². The summed E-state index contributed by atoms with van der Waals surface area (Å²) >= 11 is 0. The lowest BCUT2D eigenvalue weighted by Gasteiger charge is -2.29. The molecule has 1 aromatic carbocycles. The van der Waals surface area contributed by atoms with Gasteiger partial charge in [0.25, 0.3) is 0 Å². The number of nitrogens with zero attached hydrogens (tertiary/aromatic N) is 2. The quantitative estimate of drug-likeness (QED) is 0.651. The summed E-state index contributed by atoms with van der Waals surface area (Å²) < 4.78 is 0. The second-order valence-corrected chi connectivity index (χ2v) is 8.23. The van der Waals surface area contributed by atoms with E-state index in [9.17, 15) is 0 Å². The number of hydrogen-bond acceptors (Lipinski definition) is 3. The monoisotopic (exact) mass is 340 g/mol. The molecular formula is C22H32N2O. The summed E-state index contributed by atoms with van der Waals surface area (Å²) in [7, 11) is 4.17. The Balaban J connectivity index is 2.02. The molecule has 0 fully saturated rings. The molecule has 3 heteroatoms. The molecule has 0 heterocycles. The Morgan fingerprint density at radius 3 is 2.56 bits per heavy atom. The first-order valence-corrected chi connectivity index (χ1v) is 9.11. The van der Waals surface area contributed by atoms with Gasteiger partial charge in [-0.25, -0.2) is 0 Å². The Morgan fingerprint density at radius 2 is 1.88 bits per heavy atom. The summed E-state index contributed by atoms with van der Waals surface area (Å²) in [5.74, 6) is 0.470. The van der Waals surface area contributed by atoms with Crippen LogP contribution in [0, 0.1) is 11.3 Å². The molecule has 0 radical (unpaired) electrons.